The van der Waals surface area contributed by atoms with Crippen molar-refractivity contribution in [2.75, 3.05) is 19.0 Å². The van der Waals surface area contributed by atoms with Crippen molar-refractivity contribution in [1.29, 1.82) is 0 Å². The quantitative estimate of drug-likeness (QED) is 0.675. The molecule has 2 heterocycles. The van der Waals surface area contributed by atoms with Gasteiger partial charge in [0.2, 0.25) is 11.5 Å². The number of aromatic nitrogens is 4. The number of carbonyl (C=O) groups excluding carboxylic acids is 1. The molecule has 0 bridgehead atoms. The molecule has 0 saturated carbocycles. The van der Waals surface area contributed by atoms with Gasteiger partial charge in [0.05, 0.1) is 5.25 Å². The molecular formula is C9H12N6O2S2. The Morgan fingerprint density at radius 2 is 2.37 bits per heavy atom. The van der Waals surface area contributed by atoms with Gasteiger partial charge in [-0.15, -0.1) is 10.2 Å². The monoisotopic (exact) mass is 300 g/mol. The van der Waals surface area contributed by atoms with Crippen molar-refractivity contribution >= 4 is 34.3 Å². The zero-order chi connectivity index (χ0) is 13.8. The highest BCUT2D eigenvalue weighted by atomic mass is 32.2. The van der Waals surface area contributed by atoms with E-state index in [2.05, 4.69) is 25.7 Å². The number of urea groups is 1. The van der Waals surface area contributed by atoms with Crippen LogP contribution in [-0.2, 0) is 0 Å². The van der Waals surface area contributed by atoms with Crippen LogP contribution in [-0.4, -0.2) is 40.5 Å². The Labute approximate surface area is 117 Å². The van der Waals surface area contributed by atoms with Crippen LogP contribution in [0.1, 0.15) is 18.0 Å². The van der Waals surface area contributed by atoms with Gasteiger partial charge >= 0.3 is 6.03 Å². The SMILES string of the molecule is CNC(=O)N(C)c1nnc(SC(C)c2ncon2)s1. The smallest absolute Gasteiger partial charge is 0.323 e. The summed E-state index contributed by atoms with van der Waals surface area (Å²) in [6.07, 6.45) is 1.29. The lowest BCUT2D eigenvalue weighted by atomic mass is 10.5. The Kier molecular flexibility index (Phi) is 4.32. The molecule has 0 radical (unpaired) electrons. The highest BCUT2D eigenvalue weighted by Crippen LogP contribution is 2.36. The fourth-order valence-corrected chi connectivity index (χ4v) is 3.19. The van der Waals surface area contributed by atoms with Crippen LogP contribution in [0.4, 0.5) is 9.93 Å². The second-order valence-corrected chi connectivity index (χ2v) is 6.06. The van der Waals surface area contributed by atoms with Crippen molar-refractivity contribution in [2.45, 2.75) is 16.5 Å². The van der Waals surface area contributed by atoms with E-state index >= 15 is 0 Å². The molecule has 0 saturated heterocycles. The van der Waals surface area contributed by atoms with Crippen molar-refractivity contribution in [3.63, 3.8) is 0 Å². The number of nitrogens with one attached hydrogen (secondary N) is 1. The fourth-order valence-electron chi connectivity index (χ4n) is 1.20. The maximum Gasteiger partial charge on any atom is 0.323 e. The van der Waals surface area contributed by atoms with Gasteiger partial charge in [0.1, 0.15) is 0 Å². The van der Waals surface area contributed by atoms with Gasteiger partial charge in [-0.1, -0.05) is 28.3 Å². The molecule has 2 rings (SSSR count). The predicted octanol–water partition coefficient (Wildman–Crippen LogP) is 1.55. The van der Waals surface area contributed by atoms with Gasteiger partial charge in [-0.3, -0.25) is 4.90 Å². The number of hydrogen-bond acceptors (Lipinski definition) is 8. The van der Waals surface area contributed by atoms with E-state index in [9.17, 15) is 4.79 Å². The van der Waals surface area contributed by atoms with Crippen molar-refractivity contribution in [2.24, 2.45) is 0 Å². The molecule has 0 aliphatic carbocycles. The minimum absolute atomic E-state index is 0.00450. The second-order valence-electron chi connectivity index (χ2n) is 3.51. The summed E-state index contributed by atoms with van der Waals surface area (Å²) in [4.78, 5) is 16.8. The second kappa shape index (κ2) is 5.97. The van der Waals surface area contributed by atoms with Crippen LogP contribution in [0, 0.1) is 0 Å². The van der Waals surface area contributed by atoms with Crippen molar-refractivity contribution in [3.8, 4) is 0 Å². The van der Waals surface area contributed by atoms with E-state index in [0.29, 0.717) is 11.0 Å². The van der Waals surface area contributed by atoms with Crippen molar-refractivity contribution in [1.82, 2.24) is 25.7 Å². The Bertz CT molecular complexity index is 543. The highest BCUT2D eigenvalue weighted by molar-refractivity contribution is 8.01. The number of anilines is 1. The van der Waals surface area contributed by atoms with Gasteiger partial charge in [0.15, 0.2) is 10.2 Å². The number of hydrogen-bond donors (Lipinski definition) is 1. The van der Waals surface area contributed by atoms with Gasteiger partial charge in [-0.05, 0) is 6.92 Å². The van der Waals surface area contributed by atoms with E-state index in [1.807, 2.05) is 6.92 Å². The van der Waals surface area contributed by atoms with Gasteiger partial charge in [-0.2, -0.15) is 4.98 Å². The largest absolute Gasteiger partial charge is 0.343 e. The minimum atomic E-state index is -0.237. The van der Waals surface area contributed by atoms with Gasteiger partial charge < -0.3 is 9.84 Å². The first-order valence-electron chi connectivity index (χ1n) is 5.33. The molecule has 2 aromatic heterocycles. The molecule has 0 fully saturated rings. The van der Waals surface area contributed by atoms with Crippen molar-refractivity contribution < 1.29 is 9.32 Å². The van der Waals surface area contributed by atoms with E-state index in [0.717, 1.165) is 4.34 Å². The average Bonchev–Trinajstić information content (AvgIpc) is 3.07. The summed E-state index contributed by atoms with van der Waals surface area (Å²) in [6.45, 7) is 1.94. The Hall–Kier alpha value is -1.68. The van der Waals surface area contributed by atoms with Crippen LogP contribution in [0.2, 0.25) is 0 Å². The molecule has 1 unspecified atom stereocenters. The molecule has 2 aromatic rings. The van der Waals surface area contributed by atoms with Gasteiger partial charge in [-0.25, -0.2) is 4.79 Å². The highest BCUT2D eigenvalue weighted by Gasteiger charge is 2.18. The third-order valence-corrected chi connectivity index (χ3v) is 4.40. The van der Waals surface area contributed by atoms with E-state index in [-0.39, 0.29) is 11.3 Å². The predicted molar refractivity (Wildman–Crippen MR) is 71.3 cm³/mol. The summed E-state index contributed by atoms with van der Waals surface area (Å²) in [7, 11) is 3.20. The third-order valence-electron chi connectivity index (χ3n) is 2.22. The third kappa shape index (κ3) is 3.20. The topological polar surface area (TPSA) is 97.0 Å². The lowest BCUT2D eigenvalue weighted by Gasteiger charge is -2.11. The Morgan fingerprint density at radius 3 is 3.00 bits per heavy atom. The van der Waals surface area contributed by atoms with Crippen LogP contribution in [0.5, 0.6) is 0 Å². The van der Waals surface area contributed by atoms with Crippen LogP contribution in [0.25, 0.3) is 0 Å². The average molecular weight is 300 g/mol. The van der Waals surface area contributed by atoms with Gasteiger partial charge in [0.25, 0.3) is 0 Å². The fraction of sp³-hybridized carbons (Fsp3) is 0.444. The van der Waals surface area contributed by atoms with Crippen molar-refractivity contribution in [3.05, 3.63) is 12.2 Å². The van der Waals surface area contributed by atoms with Crippen LogP contribution >= 0.6 is 23.1 Å². The molecule has 1 atom stereocenters. The first-order valence-corrected chi connectivity index (χ1v) is 7.03. The number of nitrogens with zero attached hydrogens (tertiary/aromatic N) is 5. The number of thioether (sulfide) groups is 1. The molecule has 2 amide bonds. The Morgan fingerprint density at radius 1 is 1.58 bits per heavy atom. The molecule has 0 spiro atoms. The van der Waals surface area contributed by atoms with Crippen LogP contribution < -0.4 is 10.2 Å². The number of carbonyl (C=O) groups is 1. The first-order chi connectivity index (χ1) is 9.11. The van der Waals surface area contributed by atoms with Gasteiger partial charge in [0, 0.05) is 14.1 Å². The molecule has 19 heavy (non-hydrogen) atoms. The molecule has 0 aliphatic heterocycles. The summed E-state index contributed by atoms with van der Waals surface area (Å²) in [6, 6.07) is -0.237. The van der Waals surface area contributed by atoms with E-state index < -0.39 is 0 Å². The molecule has 10 heteroatoms. The standard InChI is InChI=1S/C9H12N6O2S2/c1-5(6-11-4-17-14-6)18-9-13-12-8(19-9)15(3)7(16)10-2/h4-5H,1-3H3,(H,10,16). The van der Waals surface area contributed by atoms with E-state index in [1.54, 1.807) is 14.1 Å². The first kappa shape index (κ1) is 13.7. The summed E-state index contributed by atoms with van der Waals surface area (Å²) in [5.41, 5.74) is 0. The summed E-state index contributed by atoms with van der Waals surface area (Å²) in [5.74, 6) is 0.599. The normalized spacial score (nSPS) is 12.2. The Balaban J connectivity index is 2.03. The van der Waals surface area contributed by atoms with Crippen LogP contribution in [0.15, 0.2) is 15.3 Å². The maximum atomic E-state index is 11.4. The minimum Gasteiger partial charge on any atom is -0.343 e. The number of amides is 2. The molecule has 8 nitrogen and oxygen atoms in total. The van der Waals surface area contributed by atoms with Crippen LogP contribution in [0.3, 0.4) is 0 Å². The summed E-state index contributed by atoms with van der Waals surface area (Å²) < 4.78 is 5.43. The molecule has 0 aliphatic rings. The molecule has 0 aromatic carbocycles. The zero-order valence-electron chi connectivity index (χ0n) is 10.5. The molecular weight excluding hydrogens is 288 g/mol. The maximum absolute atomic E-state index is 11.4. The number of rotatable bonds is 4. The lowest BCUT2D eigenvalue weighted by molar-refractivity contribution is 0.249. The summed E-state index contributed by atoms with van der Waals surface area (Å²) >= 11 is 2.79. The molecule has 1 N–H and O–H groups in total. The van der Waals surface area contributed by atoms with E-state index in [1.165, 1.54) is 34.4 Å². The van der Waals surface area contributed by atoms with E-state index in [4.69, 9.17) is 4.52 Å². The zero-order valence-corrected chi connectivity index (χ0v) is 12.2. The lowest BCUT2D eigenvalue weighted by Crippen LogP contribution is -2.34. The molecule has 102 valence electrons. The summed E-state index contributed by atoms with van der Waals surface area (Å²) in [5, 5.41) is 14.8.